The molecule has 2 N–H and O–H groups in total. The highest BCUT2D eigenvalue weighted by Gasteiger charge is 2.45. The fraction of sp³-hybridized carbons (Fsp3) is 0.846. The number of carbonyl (C=O) groups is 2. The molecular weight excluding hydrogens is 232 g/mol. The van der Waals surface area contributed by atoms with Gasteiger partial charge in [-0.25, -0.2) is 4.79 Å². The van der Waals surface area contributed by atoms with Gasteiger partial charge in [0.15, 0.2) is 0 Å². The van der Waals surface area contributed by atoms with Crippen molar-refractivity contribution in [2.75, 3.05) is 13.1 Å². The standard InChI is InChI=1S/C13H22N2O3/c1-13(2)6-4-8-15(10(13)12(17)18)11(16)9-5-3-7-14-9/h9-10,14H,3-8H2,1-2H3,(H,17,18)/t9-,10?/m0/s1. The molecule has 2 rings (SSSR count). The van der Waals surface area contributed by atoms with E-state index in [9.17, 15) is 14.7 Å². The molecule has 0 saturated carbocycles. The monoisotopic (exact) mass is 254 g/mol. The molecule has 1 unspecified atom stereocenters. The number of hydrogen-bond acceptors (Lipinski definition) is 3. The van der Waals surface area contributed by atoms with Crippen LogP contribution in [0, 0.1) is 5.41 Å². The van der Waals surface area contributed by atoms with Gasteiger partial charge in [0.25, 0.3) is 0 Å². The minimum atomic E-state index is -0.883. The first-order chi connectivity index (χ1) is 8.43. The lowest BCUT2D eigenvalue weighted by molar-refractivity contribution is -0.159. The average molecular weight is 254 g/mol. The largest absolute Gasteiger partial charge is 0.480 e. The molecule has 1 amide bonds. The highest BCUT2D eigenvalue weighted by atomic mass is 16.4. The van der Waals surface area contributed by atoms with Gasteiger partial charge in [-0.1, -0.05) is 13.8 Å². The number of aliphatic carboxylic acids is 1. The molecule has 2 aliphatic heterocycles. The van der Waals surface area contributed by atoms with Crippen LogP contribution < -0.4 is 5.32 Å². The second-order valence-corrected chi connectivity index (χ2v) is 6.01. The number of amides is 1. The van der Waals surface area contributed by atoms with E-state index in [2.05, 4.69) is 5.32 Å². The van der Waals surface area contributed by atoms with E-state index in [0.29, 0.717) is 6.54 Å². The van der Waals surface area contributed by atoms with E-state index in [1.807, 2.05) is 13.8 Å². The zero-order valence-corrected chi connectivity index (χ0v) is 11.1. The van der Waals surface area contributed by atoms with E-state index < -0.39 is 12.0 Å². The number of nitrogens with zero attached hydrogens (tertiary/aromatic N) is 1. The number of rotatable bonds is 2. The van der Waals surface area contributed by atoms with Crippen LogP contribution in [0.2, 0.25) is 0 Å². The summed E-state index contributed by atoms with van der Waals surface area (Å²) in [6, 6.07) is -0.873. The van der Waals surface area contributed by atoms with Crippen molar-refractivity contribution in [1.29, 1.82) is 0 Å². The molecule has 2 aliphatic rings. The Hall–Kier alpha value is -1.10. The van der Waals surface area contributed by atoms with Crippen molar-refractivity contribution in [1.82, 2.24) is 10.2 Å². The van der Waals surface area contributed by atoms with E-state index in [0.717, 1.165) is 32.2 Å². The molecule has 0 aromatic carbocycles. The van der Waals surface area contributed by atoms with Gasteiger partial charge < -0.3 is 15.3 Å². The second kappa shape index (κ2) is 4.88. The first-order valence-corrected chi connectivity index (χ1v) is 6.70. The number of likely N-dealkylation sites (tertiary alicyclic amines) is 1. The Kier molecular flexibility index (Phi) is 3.61. The van der Waals surface area contributed by atoms with Crippen molar-refractivity contribution >= 4 is 11.9 Å². The summed E-state index contributed by atoms with van der Waals surface area (Å²) in [5.41, 5.74) is -0.349. The molecule has 0 radical (unpaired) electrons. The predicted molar refractivity (Wildman–Crippen MR) is 67.2 cm³/mol. The zero-order valence-electron chi connectivity index (χ0n) is 11.1. The summed E-state index contributed by atoms with van der Waals surface area (Å²) in [5.74, 6) is -0.918. The predicted octanol–water partition coefficient (Wildman–Crippen LogP) is 0.840. The lowest BCUT2D eigenvalue weighted by atomic mass is 9.76. The molecule has 0 spiro atoms. The van der Waals surface area contributed by atoms with Crippen molar-refractivity contribution in [3.63, 3.8) is 0 Å². The fourth-order valence-corrected chi connectivity index (χ4v) is 3.19. The fourth-order valence-electron chi connectivity index (χ4n) is 3.19. The van der Waals surface area contributed by atoms with E-state index >= 15 is 0 Å². The zero-order chi connectivity index (χ0) is 13.3. The summed E-state index contributed by atoms with van der Waals surface area (Å²) in [6.45, 7) is 5.30. The van der Waals surface area contributed by atoms with Gasteiger partial charge in [-0.2, -0.15) is 0 Å². The molecular formula is C13H22N2O3. The van der Waals surface area contributed by atoms with Gasteiger partial charge in [0.2, 0.25) is 5.91 Å². The van der Waals surface area contributed by atoms with Gasteiger partial charge in [-0.3, -0.25) is 4.79 Å². The lowest BCUT2D eigenvalue weighted by Crippen LogP contribution is -2.59. The topological polar surface area (TPSA) is 69.6 Å². The Morgan fingerprint density at radius 2 is 2.06 bits per heavy atom. The van der Waals surface area contributed by atoms with Crippen LogP contribution in [0.5, 0.6) is 0 Å². The van der Waals surface area contributed by atoms with Crippen LogP contribution >= 0.6 is 0 Å². The van der Waals surface area contributed by atoms with Gasteiger partial charge in [0.05, 0.1) is 6.04 Å². The van der Waals surface area contributed by atoms with Crippen LogP contribution in [0.25, 0.3) is 0 Å². The first kappa shape index (κ1) is 13.3. The Labute approximate surface area is 108 Å². The van der Waals surface area contributed by atoms with Crippen LogP contribution in [0.15, 0.2) is 0 Å². The van der Waals surface area contributed by atoms with Crippen molar-refractivity contribution in [2.24, 2.45) is 5.41 Å². The molecule has 5 heteroatoms. The van der Waals surface area contributed by atoms with Crippen molar-refractivity contribution in [3.8, 4) is 0 Å². The van der Waals surface area contributed by atoms with Crippen molar-refractivity contribution in [3.05, 3.63) is 0 Å². The Morgan fingerprint density at radius 3 is 2.61 bits per heavy atom. The minimum Gasteiger partial charge on any atom is -0.480 e. The molecule has 2 atom stereocenters. The molecule has 2 heterocycles. The van der Waals surface area contributed by atoms with E-state index in [4.69, 9.17) is 0 Å². The lowest BCUT2D eigenvalue weighted by Gasteiger charge is -2.44. The maximum Gasteiger partial charge on any atom is 0.326 e. The van der Waals surface area contributed by atoms with Gasteiger partial charge >= 0.3 is 5.97 Å². The normalized spacial score (nSPS) is 31.3. The number of carboxylic acids is 1. The first-order valence-electron chi connectivity index (χ1n) is 6.70. The minimum absolute atomic E-state index is 0.0346. The van der Waals surface area contributed by atoms with E-state index in [1.165, 1.54) is 0 Å². The molecule has 5 nitrogen and oxygen atoms in total. The maximum atomic E-state index is 12.4. The summed E-state index contributed by atoms with van der Waals surface area (Å²) in [7, 11) is 0. The molecule has 102 valence electrons. The van der Waals surface area contributed by atoms with Gasteiger partial charge in [0.1, 0.15) is 6.04 Å². The van der Waals surface area contributed by atoms with Crippen LogP contribution in [-0.2, 0) is 9.59 Å². The highest BCUT2D eigenvalue weighted by Crippen LogP contribution is 2.35. The van der Waals surface area contributed by atoms with Crippen LogP contribution in [0.4, 0.5) is 0 Å². The summed E-state index contributed by atoms with van der Waals surface area (Å²) in [4.78, 5) is 25.5. The maximum absolute atomic E-state index is 12.4. The number of piperidine rings is 1. The molecule has 0 aliphatic carbocycles. The van der Waals surface area contributed by atoms with E-state index in [1.54, 1.807) is 4.90 Å². The Bertz CT molecular complexity index is 348. The highest BCUT2D eigenvalue weighted by molar-refractivity contribution is 5.88. The van der Waals surface area contributed by atoms with E-state index in [-0.39, 0.29) is 17.4 Å². The van der Waals surface area contributed by atoms with Crippen LogP contribution in [0.1, 0.15) is 39.5 Å². The SMILES string of the molecule is CC1(C)CCCN(C(=O)[C@@H]2CCCN2)C1C(=O)O. The molecule has 0 bridgehead atoms. The quantitative estimate of drug-likeness (QED) is 0.766. The third kappa shape index (κ3) is 2.36. The average Bonchev–Trinajstić information content (AvgIpc) is 2.79. The molecule has 2 saturated heterocycles. The van der Waals surface area contributed by atoms with Crippen LogP contribution in [0.3, 0.4) is 0 Å². The molecule has 0 aromatic rings. The van der Waals surface area contributed by atoms with Gasteiger partial charge in [-0.15, -0.1) is 0 Å². The number of carboxylic acid groups (broad SMARTS) is 1. The summed E-state index contributed by atoms with van der Waals surface area (Å²) in [6.07, 6.45) is 3.55. The Morgan fingerprint density at radius 1 is 1.33 bits per heavy atom. The summed E-state index contributed by atoms with van der Waals surface area (Å²) >= 11 is 0. The third-order valence-electron chi connectivity index (χ3n) is 4.15. The third-order valence-corrected chi connectivity index (χ3v) is 4.15. The molecule has 18 heavy (non-hydrogen) atoms. The summed E-state index contributed by atoms with van der Waals surface area (Å²) in [5, 5.41) is 12.6. The van der Waals surface area contributed by atoms with Gasteiger partial charge in [-0.05, 0) is 37.6 Å². The number of carbonyl (C=O) groups excluding carboxylic acids is 1. The second-order valence-electron chi connectivity index (χ2n) is 6.01. The number of nitrogens with one attached hydrogen (secondary N) is 1. The summed E-state index contributed by atoms with van der Waals surface area (Å²) < 4.78 is 0. The van der Waals surface area contributed by atoms with Crippen molar-refractivity contribution in [2.45, 2.75) is 51.6 Å². The van der Waals surface area contributed by atoms with Crippen molar-refractivity contribution < 1.29 is 14.7 Å². The molecule has 0 aromatic heterocycles. The molecule has 2 fully saturated rings. The van der Waals surface area contributed by atoms with Gasteiger partial charge in [0, 0.05) is 6.54 Å². The smallest absolute Gasteiger partial charge is 0.326 e. The Balaban J connectivity index is 2.18. The number of hydrogen-bond donors (Lipinski definition) is 2. The van der Waals surface area contributed by atoms with Crippen LogP contribution in [-0.4, -0.2) is 47.1 Å².